The average Bonchev–Trinajstić information content (AvgIpc) is 2.93. The number of fused-ring (bicyclic) bond motifs is 1. The molecule has 0 aromatic carbocycles. The highest BCUT2D eigenvalue weighted by molar-refractivity contribution is 8.13. The van der Waals surface area contributed by atoms with Crippen LogP contribution in [0.15, 0.2) is 0 Å². The van der Waals surface area contributed by atoms with Crippen molar-refractivity contribution in [3.8, 4) is 0 Å². The Kier molecular flexibility index (Phi) is 3.44. The number of thioether (sulfide) groups is 1. The van der Waals surface area contributed by atoms with Crippen molar-refractivity contribution in [2.75, 3.05) is 5.75 Å². The topological polar surface area (TPSA) is 80.3 Å². The van der Waals surface area contributed by atoms with Crippen LogP contribution in [0.1, 0.15) is 20.8 Å². The van der Waals surface area contributed by atoms with Gasteiger partial charge in [-0.05, 0) is 25.6 Å². The minimum Gasteiger partial charge on any atom is -0.457 e. The highest BCUT2D eigenvalue weighted by Crippen LogP contribution is 2.41. The van der Waals surface area contributed by atoms with Crippen molar-refractivity contribution in [2.24, 2.45) is 0 Å². The van der Waals surface area contributed by atoms with Crippen molar-refractivity contribution in [3.63, 3.8) is 0 Å². The van der Waals surface area contributed by atoms with Crippen LogP contribution in [0, 0.1) is 0 Å². The molecular weight excluding hydrogens is 288 g/mol. The first-order chi connectivity index (χ1) is 9.35. The zero-order valence-electron chi connectivity index (χ0n) is 11.4. The maximum absolute atomic E-state index is 11.3. The van der Waals surface area contributed by atoms with E-state index >= 15 is 0 Å². The molecule has 5 atom stereocenters. The summed E-state index contributed by atoms with van der Waals surface area (Å²) in [6, 6.07) is 0. The highest BCUT2D eigenvalue weighted by Gasteiger charge is 2.59. The number of cyclic esters (lactones) is 1. The van der Waals surface area contributed by atoms with Crippen molar-refractivity contribution in [1.29, 1.82) is 0 Å². The van der Waals surface area contributed by atoms with E-state index in [1.807, 2.05) is 0 Å². The largest absolute Gasteiger partial charge is 0.457 e. The number of rotatable bonds is 2. The summed E-state index contributed by atoms with van der Waals surface area (Å²) in [6.07, 6.45) is -2.80. The fraction of sp³-hybridized carbons (Fsp3) is 0.833. The first kappa shape index (κ1) is 14.1. The second kappa shape index (κ2) is 4.87. The molecule has 0 aromatic heterocycles. The summed E-state index contributed by atoms with van der Waals surface area (Å²) < 4.78 is 27.6. The van der Waals surface area contributed by atoms with E-state index in [1.54, 1.807) is 13.8 Å². The lowest BCUT2D eigenvalue weighted by Gasteiger charge is -2.27. The van der Waals surface area contributed by atoms with Gasteiger partial charge in [0.25, 0.3) is 0 Å². The Labute approximate surface area is 120 Å². The molecule has 3 rings (SSSR count). The molecule has 0 radical (unpaired) electrons. The van der Waals surface area contributed by atoms with E-state index in [-0.39, 0.29) is 5.30 Å². The third-order valence-corrected chi connectivity index (χ3v) is 4.14. The molecular formula is C12H16O7S. The summed E-state index contributed by atoms with van der Waals surface area (Å²) in [4.78, 5) is 22.5. The molecule has 0 bridgehead atoms. The van der Waals surface area contributed by atoms with Crippen LogP contribution in [-0.4, -0.2) is 53.5 Å². The van der Waals surface area contributed by atoms with Gasteiger partial charge in [-0.3, -0.25) is 4.79 Å². The van der Waals surface area contributed by atoms with Crippen LogP contribution in [0.5, 0.6) is 0 Å². The smallest absolute Gasteiger partial charge is 0.367 e. The number of carbonyl (C=O) groups is 2. The number of hydrogen-bond donors (Lipinski definition) is 0. The first-order valence-corrected chi connectivity index (χ1v) is 7.36. The molecule has 3 fully saturated rings. The molecule has 0 saturated carbocycles. The maximum Gasteiger partial charge on any atom is 0.367 e. The molecule has 0 aromatic rings. The molecule has 0 amide bonds. The average molecular weight is 304 g/mol. The molecule has 20 heavy (non-hydrogen) atoms. The fourth-order valence-corrected chi connectivity index (χ4v) is 3.38. The van der Waals surface area contributed by atoms with Gasteiger partial charge < -0.3 is 23.7 Å². The SMILES string of the molecule is CC(=O)O[C@@H]1[C@H]2OC(C)(C)O[C@H]2O[C@@H]1[C@H]1CSC(=O)O1. The van der Waals surface area contributed by atoms with Crippen molar-refractivity contribution in [2.45, 2.75) is 57.3 Å². The molecule has 0 spiro atoms. The van der Waals surface area contributed by atoms with Gasteiger partial charge in [-0.25, -0.2) is 4.79 Å². The number of carbonyl (C=O) groups excluding carboxylic acids is 2. The Morgan fingerprint density at radius 3 is 2.70 bits per heavy atom. The van der Waals surface area contributed by atoms with Gasteiger partial charge in [0.2, 0.25) is 0 Å². The Bertz CT molecular complexity index is 438. The Morgan fingerprint density at radius 2 is 2.10 bits per heavy atom. The maximum atomic E-state index is 11.3. The van der Waals surface area contributed by atoms with Crippen molar-refractivity contribution >= 4 is 23.0 Å². The molecule has 3 aliphatic rings. The van der Waals surface area contributed by atoms with Crippen LogP contribution < -0.4 is 0 Å². The van der Waals surface area contributed by atoms with Gasteiger partial charge in [-0.15, -0.1) is 0 Å². The minimum absolute atomic E-state index is 0.348. The summed E-state index contributed by atoms with van der Waals surface area (Å²) >= 11 is 1.08. The third-order valence-electron chi connectivity index (χ3n) is 3.31. The van der Waals surface area contributed by atoms with Gasteiger partial charge in [0, 0.05) is 12.7 Å². The van der Waals surface area contributed by atoms with Crippen LogP contribution in [0.4, 0.5) is 4.79 Å². The van der Waals surface area contributed by atoms with Gasteiger partial charge >= 0.3 is 11.3 Å². The van der Waals surface area contributed by atoms with Gasteiger partial charge in [0.1, 0.15) is 12.2 Å². The summed E-state index contributed by atoms with van der Waals surface area (Å²) in [6.45, 7) is 4.85. The van der Waals surface area contributed by atoms with E-state index in [2.05, 4.69) is 0 Å². The molecule has 112 valence electrons. The standard InChI is InChI=1S/C12H16O7S/c1-5(13)15-8-7(6-4-20-11(14)16-6)17-10-9(8)18-12(2,3)19-10/h6-10H,4H2,1-3H3/t6-,7-,8+,9-,10-/m1/s1. The predicted octanol–water partition coefficient (Wildman–Crippen LogP) is 1.05. The molecule has 3 heterocycles. The summed E-state index contributed by atoms with van der Waals surface area (Å²) in [5.74, 6) is -0.765. The molecule has 7 nitrogen and oxygen atoms in total. The van der Waals surface area contributed by atoms with Crippen molar-refractivity contribution < 1.29 is 33.3 Å². The van der Waals surface area contributed by atoms with Crippen LogP contribution >= 0.6 is 11.8 Å². The fourth-order valence-electron chi connectivity index (χ4n) is 2.63. The van der Waals surface area contributed by atoms with E-state index in [4.69, 9.17) is 23.7 Å². The molecule has 0 unspecified atom stereocenters. The molecule has 0 aliphatic carbocycles. The van der Waals surface area contributed by atoms with Gasteiger partial charge in [0.05, 0.1) is 0 Å². The van der Waals surface area contributed by atoms with Gasteiger partial charge in [-0.2, -0.15) is 0 Å². The lowest BCUT2D eigenvalue weighted by Crippen LogP contribution is -2.44. The lowest BCUT2D eigenvalue weighted by molar-refractivity contribution is -0.226. The zero-order chi connectivity index (χ0) is 14.5. The summed E-state index contributed by atoms with van der Waals surface area (Å²) in [5.41, 5.74) is 0. The lowest BCUT2D eigenvalue weighted by atomic mass is 10.1. The zero-order valence-corrected chi connectivity index (χ0v) is 12.2. The predicted molar refractivity (Wildman–Crippen MR) is 67.0 cm³/mol. The van der Waals surface area contributed by atoms with Gasteiger partial charge in [-0.1, -0.05) is 0 Å². The number of hydrogen-bond acceptors (Lipinski definition) is 8. The number of ether oxygens (including phenoxy) is 5. The van der Waals surface area contributed by atoms with Crippen LogP contribution in [0.3, 0.4) is 0 Å². The number of esters is 1. The minimum atomic E-state index is -0.792. The molecule has 0 N–H and O–H groups in total. The van der Waals surface area contributed by atoms with E-state index in [9.17, 15) is 9.59 Å². The third kappa shape index (κ3) is 2.52. The first-order valence-electron chi connectivity index (χ1n) is 6.37. The van der Waals surface area contributed by atoms with E-state index < -0.39 is 42.5 Å². The Balaban J connectivity index is 1.78. The van der Waals surface area contributed by atoms with Crippen LogP contribution in [0.2, 0.25) is 0 Å². The van der Waals surface area contributed by atoms with Crippen molar-refractivity contribution in [3.05, 3.63) is 0 Å². The summed E-state index contributed by atoms with van der Waals surface area (Å²) in [7, 11) is 0. The monoisotopic (exact) mass is 304 g/mol. The molecule has 3 aliphatic heterocycles. The quantitative estimate of drug-likeness (QED) is 0.700. The molecule has 8 heteroatoms. The Morgan fingerprint density at radius 1 is 1.35 bits per heavy atom. The van der Waals surface area contributed by atoms with Crippen LogP contribution in [0.25, 0.3) is 0 Å². The summed E-state index contributed by atoms with van der Waals surface area (Å²) in [5, 5.41) is -0.348. The van der Waals surface area contributed by atoms with E-state index in [0.29, 0.717) is 5.75 Å². The normalized spacial score (nSPS) is 42.4. The van der Waals surface area contributed by atoms with Gasteiger partial charge in [0.15, 0.2) is 24.3 Å². The highest BCUT2D eigenvalue weighted by atomic mass is 32.2. The van der Waals surface area contributed by atoms with E-state index in [1.165, 1.54) is 6.92 Å². The van der Waals surface area contributed by atoms with Crippen LogP contribution in [-0.2, 0) is 28.5 Å². The van der Waals surface area contributed by atoms with Crippen molar-refractivity contribution in [1.82, 2.24) is 0 Å². The Hall–Kier alpha value is -0.830. The second-order valence-corrected chi connectivity index (χ2v) is 6.32. The second-order valence-electron chi connectivity index (χ2n) is 5.36. The van der Waals surface area contributed by atoms with E-state index in [0.717, 1.165) is 11.8 Å². The molecule has 3 saturated heterocycles.